The zero-order valence-corrected chi connectivity index (χ0v) is 10.3. The van der Waals surface area contributed by atoms with Crippen molar-refractivity contribution >= 4 is 16.8 Å². The van der Waals surface area contributed by atoms with E-state index < -0.39 is 0 Å². The first-order valence-corrected chi connectivity index (χ1v) is 5.93. The first-order valence-electron chi connectivity index (χ1n) is 5.93. The van der Waals surface area contributed by atoms with E-state index in [4.69, 9.17) is 0 Å². The van der Waals surface area contributed by atoms with Gasteiger partial charge >= 0.3 is 0 Å². The molecule has 0 bridgehead atoms. The Morgan fingerprint density at radius 1 is 1.11 bits per heavy atom. The average molecular weight is 252 g/mol. The predicted molar refractivity (Wildman–Crippen MR) is 72.4 cm³/mol. The molecule has 0 aliphatic rings. The highest BCUT2D eigenvalue weighted by Gasteiger charge is 2.10. The Morgan fingerprint density at radius 3 is 2.53 bits per heavy atom. The molecule has 2 aromatic carbocycles. The van der Waals surface area contributed by atoms with Crippen molar-refractivity contribution in [3.05, 3.63) is 59.4 Å². The maximum atomic E-state index is 12.3. The van der Waals surface area contributed by atoms with Gasteiger partial charge in [0.15, 0.2) is 5.78 Å². The predicted octanol–water partition coefficient (Wildman–Crippen LogP) is 2.81. The van der Waals surface area contributed by atoms with Crippen molar-refractivity contribution in [3.63, 3.8) is 0 Å². The molecule has 0 aliphatic heterocycles. The van der Waals surface area contributed by atoms with Crippen LogP contribution in [0, 0.1) is 6.92 Å². The number of hydrogen-bond donors (Lipinski definition) is 2. The van der Waals surface area contributed by atoms with Gasteiger partial charge in [0.1, 0.15) is 11.6 Å². The standard InChI is InChI=1S/C15H12N2O2/c1-9-16-13-7-4-11(8-14(13)17-9)15(19)10-2-5-12(18)6-3-10/h2-8,18H,1H3,(H,16,17). The van der Waals surface area contributed by atoms with E-state index in [9.17, 15) is 9.90 Å². The summed E-state index contributed by atoms with van der Waals surface area (Å²) in [5.41, 5.74) is 2.84. The maximum Gasteiger partial charge on any atom is 0.193 e. The second-order valence-electron chi connectivity index (χ2n) is 4.43. The van der Waals surface area contributed by atoms with Crippen molar-refractivity contribution in [2.75, 3.05) is 0 Å². The number of aromatic nitrogens is 2. The van der Waals surface area contributed by atoms with Gasteiger partial charge in [0.25, 0.3) is 0 Å². The summed E-state index contributed by atoms with van der Waals surface area (Å²) >= 11 is 0. The number of imidazole rings is 1. The van der Waals surface area contributed by atoms with Crippen molar-refractivity contribution in [1.29, 1.82) is 0 Å². The monoisotopic (exact) mass is 252 g/mol. The lowest BCUT2D eigenvalue weighted by Crippen LogP contribution is -2.00. The minimum atomic E-state index is -0.0749. The normalized spacial score (nSPS) is 10.8. The number of carbonyl (C=O) groups is 1. The summed E-state index contributed by atoms with van der Waals surface area (Å²) in [5.74, 6) is 0.898. The van der Waals surface area contributed by atoms with E-state index in [0.29, 0.717) is 11.1 Å². The van der Waals surface area contributed by atoms with E-state index in [1.165, 1.54) is 12.1 Å². The lowest BCUT2D eigenvalue weighted by Gasteiger charge is -2.01. The molecule has 0 unspecified atom stereocenters. The molecule has 0 fully saturated rings. The average Bonchev–Trinajstić information content (AvgIpc) is 2.77. The van der Waals surface area contributed by atoms with E-state index in [2.05, 4.69) is 9.97 Å². The molecule has 0 atom stereocenters. The number of aromatic amines is 1. The van der Waals surface area contributed by atoms with Crippen molar-refractivity contribution in [2.24, 2.45) is 0 Å². The zero-order valence-electron chi connectivity index (χ0n) is 10.3. The third kappa shape index (κ3) is 2.08. The van der Waals surface area contributed by atoms with Gasteiger partial charge in [-0.3, -0.25) is 4.79 Å². The molecule has 0 radical (unpaired) electrons. The summed E-state index contributed by atoms with van der Waals surface area (Å²) in [4.78, 5) is 19.7. The Kier molecular flexibility index (Phi) is 2.56. The Hall–Kier alpha value is -2.62. The minimum absolute atomic E-state index is 0.0749. The van der Waals surface area contributed by atoms with Gasteiger partial charge in [0.2, 0.25) is 0 Å². The number of rotatable bonds is 2. The minimum Gasteiger partial charge on any atom is -0.508 e. The van der Waals surface area contributed by atoms with Gasteiger partial charge in [-0.2, -0.15) is 0 Å². The molecular formula is C15H12N2O2. The summed E-state index contributed by atoms with van der Waals surface area (Å²) in [6, 6.07) is 11.6. The van der Waals surface area contributed by atoms with E-state index >= 15 is 0 Å². The smallest absolute Gasteiger partial charge is 0.193 e. The van der Waals surface area contributed by atoms with Gasteiger partial charge in [-0.05, 0) is 49.4 Å². The fraction of sp³-hybridized carbons (Fsp3) is 0.0667. The summed E-state index contributed by atoms with van der Waals surface area (Å²) in [6.45, 7) is 1.88. The van der Waals surface area contributed by atoms with E-state index in [-0.39, 0.29) is 11.5 Å². The molecule has 0 aliphatic carbocycles. The molecule has 3 aromatic rings. The van der Waals surface area contributed by atoms with Crippen molar-refractivity contribution < 1.29 is 9.90 Å². The highest BCUT2D eigenvalue weighted by molar-refractivity contribution is 6.10. The largest absolute Gasteiger partial charge is 0.508 e. The van der Waals surface area contributed by atoms with Gasteiger partial charge < -0.3 is 10.1 Å². The molecule has 2 N–H and O–H groups in total. The van der Waals surface area contributed by atoms with Gasteiger partial charge in [0, 0.05) is 11.1 Å². The zero-order chi connectivity index (χ0) is 13.4. The van der Waals surface area contributed by atoms with Crippen molar-refractivity contribution in [2.45, 2.75) is 6.92 Å². The summed E-state index contributed by atoms with van der Waals surface area (Å²) < 4.78 is 0. The topological polar surface area (TPSA) is 66.0 Å². The highest BCUT2D eigenvalue weighted by Crippen LogP contribution is 2.18. The van der Waals surface area contributed by atoms with Gasteiger partial charge in [-0.15, -0.1) is 0 Å². The number of carbonyl (C=O) groups excluding carboxylic acids is 1. The van der Waals surface area contributed by atoms with Crippen LogP contribution < -0.4 is 0 Å². The molecule has 1 heterocycles. The summed E-state index contributed by atoms with van der Waals surface area (Å²) in [6.07, 6.45) is 0. The van der Waals surface area contributed by atoms with Crippen LogP contribution >= 0.6 is 0 Å². The molecule has 0 amide bonds. The number of nitrogens with zero attached hydrogens (tertiary/aromatic N) is 1. The van der Waals surface area contributed by atoms with Crippen LogP contribution in [0.15, 0.2) is 42.5 Å². The first kappa shape index (κ1) is 11.5. The number of H-pyrrole nitrogens is 1. The van der Waals surface area contributed by atoms with Crippen LogP contribution in [0.4, 0.5) is 0 Å². The molecule has 0 spiro atoms. The Morgan fingerprint density at radius 2 is 1.79 bits per heavy atom. The van der Waals surface area contributed by atoms with Crippen LogP contribution in [0.2, 0.25) is 0 Å². The van der Waals surface area contributed by atoms with E-state index in [0.717, 1.165) is 16.9 Å². The van der Waals surface area contributed by atoms with Crippen molar-refractivity contribution in [3.8, 4) is 5.75 Å². The summed E-state index contributed by atoms with van der Waals surface area (Å²) in [7, 11) is 0. The number of ketones is 1. The van der Waals surface area contributed by atoms with Crippen LogP contribution in [0.1, 0.15) is 21.7 Å². The molecule has 3 rings (SSSR count). The number of phenols is 1. The molecule has 19 heavy (non-hydrogen) atoms. The first-order chi connectivity index (χ1) is 9.13. The van der Waals surface area contributed by atoms with Crippen LogP contribution in [-0.4, -0.2) is 20.9 Å². The van der Waals surface area contributed by atoms with E-state index in [1.807, 2.05) is 13.0 Å². The third-order valence-electron chi connectivity index (χ3n) is 2.99. The Balaban J connectivity index is 2.03. The number of hydrogen-bond acceptors (Lipinski definition) is 3. The highest BCUT2D eigenvalue weighted by atomic mass is 16.3. The molecule has 0 saturated heterocycles. The fourth-order valence-corrected chi connectivity index (χ4v) is 2.06. The number of benzene rings is 2. The van der Waals surface area contributed by atoms with Gasteiger partial charge in [-0.1, -0.05) is 0 Å². The van der Waals surface area contributed by atoms with Crippen LogP contribution in [0.5, 0.6) is 5.75 Å². The van der Waals surface area contributed by atoms with Gasteiger partial charge in [0.05, 0.1) is 11.0 Å². The quantitative estimate of drug-likeness (QED) is 0.689. The van der Waals surface area contributed by atoms with E-state index in [1.54, 1.807) is 24.3 Å². The SMILES string of the molecule is Cc1nc2ccc(C(=O)c3ccc(O)cc3)cc2[nH]1. The number of phenolic OH excluding ortho intramolecular Hbond substituents is 1. The second kappa shape index (κ2) is 4.24. The lowest BCUT2D eigenvalue weighted by molar-refractivity contribution is 0.103. The molecule has 94 valence electrons. The Bertz CT molecular complexity index is 757. The van der Waals surface area contributed by atoms with Gasteiger partial charge in [-0.25, -0.2) is 4.98 Å². The molecular weight excluding hydrogens is 240 g/mol. The number of nitrogens with one attached hydrogen (secondary N) is 1. The van der Waals surface area contributed by atoms with Crippen LogP contribution in [0.25, 0.3) is 11.0 Å². The maximum absolute atomic E-state index is 12.3. The molecule has 4 heteroatoms. The Labute approximate surface area is 109 Å². The van der Waals surface area contributed by atoms with Crippen molar-refractivity contribution in [1.82, 2.24) is 9.97 Å². The molecule has 4 nitrogen and oxygen atoms in total. The summed E-state index contributed by atoms with van der Waals surface area (Å²) in [5, 5.41) is 9.23. The number of fused-ring (bicyclic) bond motifs is 1. The molecule has 0 saturated carbocycles. The second-order valence-corrected chi connectivity index (χ2v) is 4.43. The number of aryl methyl sites for hydroxylation is 1. The fourth-order valence-electron chi connectivity index (χ4n) is 2.06. The third-order valence-corrected chi connectivity index (χ3v) is 2.99. The molecule has 1 aromatic heterocycles. The van der Waals surface area contributed by atoms with Crippen LogP contribution in [-0.2, 0) is 0 Å². The van der Waals surface area contributed by atoms with Crippen LogP contribution in [0.3, 0.4) is 0 Å². The number of aromatic hydroxyl groups is 1. The lowest BCUT2D eigenvalue weighted by atomic mass is 10.0.